The number of halogens is 2. The molecule has 0 aliphatic heterocycles. The topological polar surface area (TPSA) is 99.4 Å². The molecule has 1 N–H and O–H groups in total. The van der Waals surface area contributed by atoms with Crippen molar-refractivity contribution in [2.75, 3.05) is 12.4 Å². The van der Waals surface area contributed by atoms with Crippen LogP contribution >= 0.6 is 11.3 Å². The van der Waals surface area contributed by atoms with Crippen molar-refractivity contribution in [3.8, 4) is 5.69 Å². The van der Waals surface area contributed by atoms with E-state index in [9.17, 15) is 28.0 Å². The summed E-state index contributed by atoms with van der Waals surface area (Å²) in [6.07, 6.45) is 0. The molecule has 8 nitrogen and oxygen atoms in total. The highest BCUT2D eigenvalue weighted by Gasteiger charge is 2.21. The number of thiophene rings is 1. The number of anilines is 1. The molecule has 2 aromatic carbocycles. The number of benzene rings is 2. The molecule has 0 saturated heterocycles. The molecule has 0 radical (unpaired) electrons. The van der Waals surface area contributed by atoms with Crippen LogP contribution in [0, 0.1) is 11.6 Å². The van der Waals surface area contributed by atoms with E-state index in [0.717, 1.165) is 34.1 Å². The van der Waals surface area contributed by atoms with Crippen molar-refractivity contribution in [3.05, 3.63) is 91.9 Å². The van der Waals surface area contributed by atoms with Gasteiger partial charge in [-0.2, -0.15) is 0 Å². The highest BCUT2D eigenvalue weighted by molar-refractivity contribution is 7.17. The Hall–Kier alpha value is -4.12. The molecule has 2 heterocycles. The number of methoxy groups -OCH3 is 1. The number of hydrogen-bond acceptors (Lipinski definition) is 6. The van der Waals surface area contributed by atoms with E-state index in [1.807, 2.05) is 0 Å². The summed E-state index contributed by atoms with van der Waals surface area (Å²) >= 11 is 0.994. The molecule has 0 fully saturated rings. The highest BCUT2D eigenvalue weighted by Crippen LogP contribution is 2.19. The molecule has 11 heteroatoms. The Morgan fingerprint density at radius 1 is 1.09 bits per heavy atom. The maximum absolute atomic E-state index is 14.4. The Morgan fingerprint density at radius 3 is 2.61 bits per heavy atom. The molecule has 0 unspecified atom stereocenters. The summed E-state index contributed by atoms with van der Waals surface area (Å²) in [7, 11) is 1.20. The number of carbonyl (C=O) groups excluding carboxylic acids is 2. The van der Waals surface area contributed by atoms with Gasteiger partial charge in [-0.1, -0.05) is 12.1 Å². The smallest absolute Gasteiger partial charge is 0.339 e. The minimum Gasteiger partial charge on any atom is -0.465 e. The zero-order chi connectivity index (χ0) is 23.7. The summed E-state index contributed by atoms with van der Waals surface area (Å²) in [4.78, 5) is 50.7. The van der Waals surface area contributed by atoms with Gasteiger partial charge in [-0.3, -0.25) is 14.2 Å². The van der Waals surface area contributed by atoms with Crippen molar-refractivity contribution >= 4 is 39.1 Å². The number of aromatic nitrogens is 2. The minimum absolute atomic E-state index is 0.0843. The Kier molecular flexibility index (Phi) is 5.88. The van der Waals surface area contributed by atoms with Crippen molar-refractivity contribution in [1.82, 2.24) is 9.13 Å². The van der Waals surface area contributed by atoms with Crippen LogP contribution in [-0.4, -0.2) is 28.1 Å². The number of esters is 1. The molecule has 4 aromatic rings. The lowest BCUT2D eigenvalue weighted by Crippen LogP contribution is -2.40. The van der Waals surface area contributed by atoms with Gasteiger partial charge in [0.05, 0.1) is 29.6 Å². The normalized spacial score (nSPS) is 10.9. The van der Waals surface area contributed by atoms with E-state index in [0.29, 0.717) is 4.57 Å². The number of ether oxygens (including phenoxy) is 1. The van der Waals surface area contributed by atoms with Gasteiger partial charge in [-0.05, 0) is 35.7 Å². The van der Waals surface area contributed by atoms with Crippen LogP contribution < -0.4 is 16.6 Å². The van der Waals surface area contributed by atoms with Gasteiger partial charge in [0.15, 0.2) is 0 Å². The van der Waals surface area contributed by atoms with Crippen molar-refractivity contribution in [2.24, 2.45) is 0 Å². The maximum atomic E-state index is 14.4. The summed E-state index contributed by atoms with van der Waals surface area (Å²) < 4.78 is 34.4. The average Bonchev–Trinajstić information content (AvgIpc) is 3.29. The number of fused-ring (bicyclic) bond motifs is 1. The Labute approximate surface area is 188 Å². The van der Waals surface area contributed by atoms with E-state index in [1.165, 1.54) is 25.3 Å². The molecule has 168 valence electrons. The molecule has 0 aliphatic carbocycles. The van der Waals surface area contributed by atoms with Crippen molar-refractivity contribution < 1.29 is 23.1 Å². The fourth-order valence-corrected chi connectivity index (χ4v) is 4.15. The molecule has 0 atom stereocenters. The van der Waals surface area contributed by atoms with Crippen LogP contribution in [0.5, 0.6) is 0 Å². The lowest BCUT2D eigenvalue weighted by atomic mass is 10.2. The Balaban J connectivity index is 1.80. The lowest BCUT2D eigenvalue weighted by Gasteiger charge is -2.14. The van der Waals surface area contributed by atoms with E-state index in [2.05, 4.69) is 5.32 Å². The lowest BCUT2D eigenvalue weighted by molar-refractivity contribution is -0.116. The van der Waals surface area contributed by atoms with Gasteiger partial charge in [0.2, 0.25) is 5.91 Å². The number of rotatable bonds is 5. The monoisotopic (exact) mass is 471 g/mol. The van der Waals surface area contributed by atoms with Gasteiger partial charge in [-0.15, -0.1) is 11.3 Å². The minimum atomic E-state index is -1.02. The maximum Gasteiger partial charge on any atom is 0.339 e. The van der Waals surface area contributed by atoms with Gasteiger partial charge >= 0.3 is 11.7 Å². The van der Waals surface area contributed by atoms with Gasteiger partial charge in [0, 0.05) is 6.07 Å². The SMILES string of the molecule is COC(=O)c1ccccc1NC(=O)Cn1c(=O)n(-c2cc(F)ccc2F)c(=O)c2sccc21. The number of para-hydroxylation sites is 1. The van der Waals surface area contributed by atoms with Crippen molar-refractivity contribution in [3.63, 3.8) is 0 Å². The van der Waals surface area contributed by atoms with Gasteiger partial charge in [-0.25, -0.2) is 22.9 Å². The second-order valence-corrected chi connectivity index (χ2v) is 7.74. The van der Waals surface area contributed by atoms with Crippen LogP contribution in [0.25, 0.3) is 15.9 Å². The van der Waals surface area contributed by atoms with Crippen LogP contribution in [0.3, 0.4) is 0 Å². The molecule has 4 rings (SSSR count). The number of nitrogens with one attached hydrogen (secondary N) is 1. The molecular formula is C22H15F2N3O5S. The first kappa shape index (κ1) is 22.1. The molecule has 2 aromatic heterocycles. The molecule has 0 aliphatic rings. The third kappa shape index (κ3) is 4.05. The summed E-state index contributed by atoms with van der Waals surface area (Å²) in [6.45, 7) is -0.557. The number of amides is 1. The first-order chi connectivity index (χ1) is 15.8. The zero-order valence-electron chi connectivity index (χ0n) is 17.0. The van der Waals surface area contributed by atoms with Crippen LogP contribution in [0.2, 0.25) is 0 Å². The van der Waals surface area contributed by atoms with Gasteiger partial charge in [0.1, 0.15) is 22.9 Å². The standard InChI is InChI=1S/C22H15F2N3O5S/c1-32-21(30)13-4-2-3-5-15(13)25-18(28)11-26-16-8-9-33-19(16)20(29)27(22(26)31)17-10-12(23)6-7-14(17)24/h2-10H,11H2,1H3,(H,25,28). The second-order valence-electron chi connectivity index (χ2n) is 6.83. The van der Waals surface area contributed by atoms with Crippen molar-refractivity contribution in [1.29, 1.82) is 0 Å². The van der Waals surface area contributed by atoms with Crippen LogP contribution in [0.1, 0.15) is 10.4 Å². The molecule has 0 spiro atoms. The summed E-state index contributed by atoms with van der Waals surface area (Å²) in [6, 6.07) is 9.99. The largest absolute Gasteiger partial charge is 0.465 e. The number of carbonyl (C=O) groups is 2. The predicted octanol–water partition coefficient (Wildman–Crippen LogP) is 2.92. The third-order valence-corrected chi connectivity index (χ3v) is 5.70. The third-order valence-electron chi connectivity index (χ3n) is 4.81. The molecule has 1 amide bonds. The summed E-state index contributed by atoms with van der Waals surface area (Å²) in [5.41, 5.74) is -1.99. The van der Waals surface area contributed by atoms with Gasteiger partial charge < -0.3 is 10.1 Å². The summed E-state index contributed by atoms with van der Waals surface area (Å²) in [5.74, 6) is -3.17. The quantitative estimate of drug-likeness (QED) is 0.452. The first-order valence-corrected chi connectivity index (χ1v) is 10.4. The summed E-state index contributed by atoms with van der Waals surface area (Å²) in [5, 5.41) is 4.08. The number of nitrogens with zero attached hydrogens (tertiary/aromatic N) is 2. The predicted molar refractivity (Wildman–Crippen MR) is 118 cm³/mol. The van der Waals surface area contributed by atoms with E-state index in [-0.39, 0.29) is 21.5 Å². The number of hydrogen-bond donors (Lipinski definition) is 1. The van der Waals surface area contributed by atoms with Crippen molar-refractivity contribution in [2.45, 2.75) is 6.54 Å². The molecule has 0 saturated carbocycles. The van der Waals surface area contributed by atoms with E-state index in [1.54, 1.807) is 17.5 Å². The zero-order valence-corrected chi connectivity index (χ0v) is 17.8. The molecular weight excluding hydrogens is 456 g/mol. The molecule has 33 heavy (non-hydrogen) atoms. The van der Waals surface area contributed by atoms with E-state index >= 15 is 0 Å². The first-order valence-electron chi connectivity index (χ1n) is 9.47. The van der Waals surface area contributed by atoms with E-state index < -0.39 is 47.0 Å². The fourth-order valence-electron chi connectivity index (χ4n) is 3.32. The second kappa shape index (κ2) is 8.79. The Bertz CT molecular complexity index is 1520. The van der Waals surface area contributed by atoms with Crippen LogP contribution in [0.15, 0.2) is 63.5 Å². The van der Waals surface area contributed by atoms with Crippen LogP contribution in [0.4, 0.5) is 14.5 Å². The van der Waals surface area contributed by atoms with Crippen LogP contribution in [-0.2, 0) is 16.1 Å². The molecule has 0 bridgehead atoms. The highest BCUT2D eigenvalue weighted by atomic mass is 32.1. The van der Waals surface area contributed by atoms with Gasteiger partial charge in [0.25, 0.3) is 5.56 Å². The Morgan fingerprint density at radius 2 is 1.85 bits per heavy atom. The average molecular weight is 471 g/mol. The fraction of sp³-hybridized carbons (Fsp3) is 0.0909. The van der Waals surface area contributed by atoms with E-state index in [4.69, 9.17) is 4.74 Å².